The average Bonchev–Trinajstić information content (AvgIpc) is 3.14. The summed E-state index contributed by atoms with van der Waals surface area (Å²) in [5, 5.41) is 2.70. The Morgan fingerprint density at radius 3 is 2.22 bits per heavy atom. The van der Waals surface area contributed by atoms with Crippen molar-refractivity contribution in [3.63, 3.8) is 0 Å². The molecule has 0 aromatic heterocycles. The summed E-state index contributed by atoms with van der Waals surface area (Å²) in [6, 6.07) is 17.1. The molecule has 8 heteroatoms. The smallest absolute Gasteiger partial charge is 0.338 e. The van der Waals surface area contributed by atoms with Gasteiger partial charge in [0.15, 0.2) is 6.61 Å². The van der Waals surface area contributed by atoms with E-state index >= 15 is 0 Å². The van der Waals surface area contributed by atoms with Crippen molar-refractivity contribution in [2.24, 2.45) is 0 Å². The van der Waals surface area contributed by atoms with E-state index in [4.69, 9.17) is 4.74 Å². The highest BCUT2D eigenvalue weighted by atomic mass is 16.5. The Bertz CT molecular complexity index is 1380. The highest BCUT2D eigenvalue weighted by molar-refractivity contribution is 6.35. The first-order valence-electron chi connectivity index (χ1n) is 12.2. The van der Waals surface area contributed by atoms with Gasteiger partial charge in [0.2, 0.25) is 0 Å². The molecule has 37 heavy (non-hydrogen) atoms. The fraction of sp³-hybridized carbons (Fsp3) is 0.241. The fourth-order valence-corrected chi connectivity index (χ4v) is 4.30. The molecule has 0 unspecified atom stereocenters. The lowest BCUT2D eigenvalue weighted by atomic mass is 10.1. The number of rotatable bonds is 8. The van der Waals surface area contributed by atoms with E-state index in [1.165, 1.54) is 18.2 Å². The Kier molecular flexibility index (Phi) is 7.38. The maximum atomic E-state index is 13.1. The number of anilines is 3. The number of fused-ring (bicyclic) bond motifs is 1. The molecule has 190 valence electrons. The van der Waals surface area contributed by atoms with Crippen LogP contribution in [-0.4, -0.2) is 43.4 Å². The van der Waals surface area contributed by atoms with Gasteiger partial charge in [-0.15, -0.1) is 0 Å². The largest absolute Gasteiger partial charge is 0.452 e. The number of amides is 3. The van der Waals surface area contributed by atoms with Gasteiger partial charge in [-0.3, -0.25) is 14.4 Å². The van der Waals surface area contributed by atoms with Crippen molar-refractivity contribution in [2.45, 2.75) is 27.7 Å². The number of benzene rings is 3. The SMILES string of the molecule is CCN(CC)c1ccc(NC(=O)COC(=O)c2ccc3c(c2)C(=O)N(c2cc(C)ccc2C)C3=O)cc1. The number of aryl methyl sites for hydroxylation is 2. The van der Waals surface area contributed by atoms with Crippen LogP contribution in [-0.2, 0) is 9.53 Å². The number of hydrogen-bond donors (Lipinski definition) is 1. The van der Waals surface area contributed by atoms with Crippen LogP contribution in [0, 0.1) is 13.8 Å². The van der Waals surface area contributed by atoms with Gasteiger partial charge in [-0.05, 0) is 87.4 Å². The summed E-state index contributed by atoms with van der Waals surface area (Å²) in [5.74, 6) is -2.20. The number of hydrogen-bond acceptors (Lipinski definition) is 6. The minimum atomic E-state index is -0.764. The standard InChI is InChI=1S/C29H29N3O5/c1-5-31(6-2)22-12-10-21(11-13-22)30-26(33)17-37-29(36)20-9-14-23-24(16-20)28(35)32(27(23)34)25-15-18(3)7-8-19(25)4/h7-16H,5-6,17H2,1-4H3,(H,30,33). The van der Waals surface area contributed by atoms with E-state index in [-0.39, 0.29) is 16.7 Å². The molecule has 0 saturated carbocycles. The molecule has 1 N–H and O–H groups in total. The predicted octanol–water partition coefficient (Wildman–Crippen LogP) is 4.75. The first-order valence-corrected chi connectivity index (χ1v) is 12.2. The van der Waals surface area contributed by atoms with Crippen molar-refractivity contribution in [1.29, 1.82) is 0 Å². The molecule has 1 aliphatic heterocycles. The summed E-state index contributed by atoms with van der Waals surface area (Å²) < 4.78 is 5.16. The molecule has 3 aromatic carbocycles. The lowest BCUT2D eigenvalue weighted by Gasteiger charge is -2.21. The molecule has 4 rings (SSSR count). The number of nitrogens with one attached hydrogen (secondary N) is 1. The van der Waals surface area contributed by atoms with Crippen molar-refractivity contribution in [3.05, 3.63) is 88.5 Å². The summed E-state index contributed by atoms with van der Waals surface area (Å²) in [5.41, 5.74) is 4.27. The van der Waals surface area contributed by atoms with Gasteiger partial charge in [0.25, 0.3) is 17.7 Å². The summed E-state index contributed by atoms with van der Waals surface area (Å²) >= 11 is 0. The third-order valence-electron chi connectivity index (χ3n) is 6.34. The van der Waals surface area contributed by atoms with Crippen LogP contribution in [0.15, 0.2) is 60.7 Å². The molecular weight excluding hydrogens is 470 g/mol. The Morgan fingerprint density at radius 1 is 0.865 bits per heavy atom. The fourth-order valence-electron chi connectivity index (χ4n) is 4.30. The van der Waals surface area contributed by atoms with Crippen molar-refractivity contribution >= 4 is 40.8 Å². The second kappa shape index (κ2) is 10.7. The normalized spacial score (nSPS) is 12.4. The summed E-state index contributed by atoms with van der Waals surface area (Å²) in [7, 11) is 0. The van der Waals surface area contributed by atoms with Crippen LogP contribution in [0.5, 0.6) is 0 Å². The van der Waals surface area contributed by atoms with E-state index < -0.39 is 30.3 Å². The van der Waals surface area contributed by atoms with Gasteiger partial charge in [-0.25, -0.2) is 9.69 Å². The average molecular weight is 500 g/mol. The second-order valence-corrected chi connectivity index (χ2v) is 8.84. The summed E-state index contributed by atoms with van der Waals surface area (Å²) in [6.07, 6.45) is 0. The Morgan fingerprint density at radius 2 is 1.54 bits per heavy atom. The molecular formula is C29H29N3O5. The van der Waals surface area contributed by atoms with Crippen LogP contribution >= 0.6 is 0 Å². The molecule has 0 spiro atoms. The highest BCUT2D eigenvalue weighted by Crippen LogP contribution is 2.32. The third-order valence-corrected chi connectivity index (χ3v) is 6.34. The van der Waals surface area contributed by atoms with E-state index in [1.807, 2.05) is 38.1 Å². The number of ether oxygens (including phenoxy) is 1. The molecule has 8 nitrogen and oxygen atoms in total. The quantitative estimate of drug-likeness (QED) is 0.355. The Labute approximate surface area is 215 Å². The van der Waals surface area contributed by atoms with Crippen LogP contribution in [0.25, 0.3) is 0 Å². The van der Waals surface area contributed by atoms with E-state index in [2.05, 4.69) is 24.1 Å². The monoisotopic (exact) mass is 499 g/mol. The first kappa shape index (κ1) is 25.6. The van der Waals surface area contributed by atoms with Gasteiger partial charge in [-0.1, -0.05) is 12.1 Å². The van der Waals surface area contributed by atoms with E-state index in [0.29, 0.717) is 11.4 Å². The Balaban J connectivity index is 1.40. The minimum Gasteiger partial charge on any atom is -0.452 e. The van der Waals surface area contributed by atoms with Crippen LogP contribution in [0.3, 0.4) is 0 Å². The Hall–Kier alpha value is -4.46. The van der Waals surface area contributed by atoms with Gasteiger partial charge < -0.3 is 15.0 Å². The zero-order valence-corrected chi connectivity index (χ0v) is 21.3. The maximum Gasteiger partial charge on any atom is 0.338 e. The van der Waals surface area contributed by atoms with Crippen molar-refractivity contribution in [1.82, 2.24) is 0 Å². The zero-order valence-electron chi connectivity index (χ0n) is 21.3. The number of carbonyl (C=O) groups is 4. The predicted molar refractivity (Wildman–Crippen MR) is 142 cm³/mol. The van der Waals surface area contributed by atoms with Crippen molar-refractivity contribution in [3.8, 4) is 0 Å². The minimum absolute atomic E-state index is 0.0825. The van der Waals surface area contributed by atoms with Crippen molar-refractivity contribution in [2.75, 3.05) is 34.8 Å². The molecule has 1 heterocycles. The summed E-state index contributed by atoms with van der Waals surface area (Å²) in [4.78, 5) is 54.3. The van der Waals surface area contributed by atoms with Gasteiger partial charge in [0, 0.05) is 24.5 Å². The maximum absolute atomic E-state index is 13.1. The van der Waals surface area contributed by atoms with Crippen LogP contribution in [0.1, 0.15) is 56.0 Å². The van der Waals surface area contributed by atoms with Gasteiger partial charge in [-0.2, -0.15) is 0 Å². The van der Waals surface area contributed by atoms with Crippen LogP contribution in [0.2, 0.25) is 0 Å². The van der Waals surface area contributed by atoms with Crippen LogP contribution < -0.4 is 15.1 Å². The van der Waals surface area contributed by atoms with E-state index in [1.54, 1.807) is 18.2 Å². The lowest BCUT2D eigenvalue weighted by molar-refractivity contribution is -0.119. The van der Waals surface area contributed by atoms with Gasteiger partial charge >= 0.3 is 5.97 Å². The molecule has 0 bridgehead atoms. The molecule has 3 amide bonds. The lowest BCUT2D eigenvalue weighted by Crippen LogP contribution is -2.30. The van der Waals surface area contributed by atoms with Gasteiger partial charge in [0.05, 0.1) is 22.4 Å². The second-order valence-electron chi connectivity index (χ2n) is 8.84. The summed E-state index contributed by atoms with van der Waals surface area (Å²) in [6.45, 7) is 9.12. The molecule has 1 aliphatic rings. The van der Waals surface area contributed by atoms with Crippen molar-refractivity contribution < 1.29 is 23.9 Å². The molecule has 0 fully saturated rings. The molecule has 3 aromatic rings. The van der Waals surface area contributed by atoms with E-state index in [9.17, 15) is 19.2 Å². The molecule has 0 saturated heterocycles. The van der Waals surface area contributed by atoms with E-state index in [0.717, 1.165) is 34.8 Å². The number of nitrogens with zero attached hydrogens (tertiary/aromatic N) is 2. The van der Waals surface area contributed by atoms with Gasteiger partial charge in [0.1, 0.15) is 0 Å². The molecule has 0 radical (unpaired) electrons. The topological polar surface area (TPSA) is 96.0 Å². The molecule has 0 atom stereocenters. The zero-order chi connectivity index (χ0) is 26.7. The number of imide groups is 1. The first-order chi connectivity index (χ1) is 17.7. The highest BCUT2D eigenvalue weighted by Gasteiger charge is 2.38. The molecule has 0 aliphatic carbocycles. The van der Waals surface area contributed by atoms with Crippen LogP contribution in [0.4, 0.5) is 17.1 Å². The number of esters is 1. The number of carbonyl (C=O) groups excluding carboxylic acids is 4. The third kappa shape index (κ3) is 5.23.